The van der Waals surface area contributed by atoms with Crippen LogP contribution < -0.4 is 20.1 Å². The first-order valence-electron chi connectivity index (χ1n) is 10.3. The Balaban J connectivity index is 1.95. The van der Waals surface area contributed by atoms with Crippen LogP contribution in [-0.4, -0.2) is 49.6 Å². The number of carbonyl (C=O) groups excluding carboxylic acids is 2. The van der Waals surface area contributed by atoms with E-state index in [4.69, 9.17) is 21.1 Å². The van der Waals surface area contributed by atoms with E-state index in [0.717, 1.165) is 5.56 Å². The Morgan fingerprint density at radius 1 is 0.903 bits per heavy atom. The third-order valence-electron chi connectivity index (χ3n) is 4.48. The second-order valence-electron chi connectivity index (χ2n) is 6.89. The van der Waals surface area contributed by atoms with Gasteiger partial charge < -0.3 is 20.1 Å². The van der Waals surface area contributed by atoms with Crippen LogP contribution in [0.5, 0.6) is 11.5 Å². The smallest absolute Gasteiger partial charge is 0.238 e. The molecular weight excluding hydrogens is 418 g/mol. The molecule has 31 heavy (non-hydrogen) atoms. The number of carbonyl (C=O) groups is 2. The van der Waals surface area contributed by atoms with Crippen molar-refractivity contribution < 1.29 is 19.1 Å². The number of benzene rings is 2. The van der Waals surface area contributed by atoms with Gasteiger partial charge in [0.25, 0.3) is 0 Å². The predicted octanol–water partition coefficient (Wildman–Crippen LogP) is 4.34. The normalized spacial score (nSPS) is 10.6. The van der Waals surface area contributed by atoms with E-state index in [9.17, 15) is 9.59 Å². The van der Waals surface area contributed by atoms with Crippen molar-refractivity contribution >= 4 is 34.8 Å². The Morgan fingerprint density at radius 3 is 2.19 bits per heavy atom. The predicted molar refractivity (Wildman–Crippen MR) is 124 cm³/mol. The Bertz CT molecular complexity index is 904. The highest BCUT2D eigenvalue weighted by molar-refractivity contribution is 6.31. The lowest BCUT2D eigenvalue weighted by Crippen LogP contribution is -2.38. The molecule has 2 N–H and O–H groups in total. The summed E-state index contributed by atoms with van der Waals surface area (Å²) in [6.07, 6.45) is 0. The third-order valence-corrected chi connectivity index (χ3v) is 4.72. The number of hydrogen-bond acceptors (Lipinski definition) is 5. The van der Waals surface area contributed by atoms with Crippen LogP contribution in [-0.2, 0) is 9.59 Å². The Kier molecular flexibility index (Phi) is 9.62. The van der Waals surface area contributed by atoms with Crippen molar-refractivity contribution in [3.63, 3.8) is 0 Å². The van der Waals surface area contributed by atoms with Crippen molar-refractivity contribution in [3.8, 4) is 11.5 Å². The lowest BCUT2D eigenvalue weighted by molar-refractivity contribution is -0.119. The van der Waals surface area contributed by atoms with Crippen LogP contribution in [0.15, 0.2) is 36.4 Å². The van der Waals surface area contributed by atoms with E-state index in [-0.39, 0.29) is 24.9 Å². The van der Waals surface area contributed by atoms with E-state index in [1.54, 1.807) is 35.2 Å². The van der Waals surface area contributed by atoms with Gasteiger partial charge in [0.05, 0.1) is 26.3 Å². The van der Waals surface area contributed by atoms with Crippen LogP contribution in [0.4, 0.5) is 11.4 Å². The molecule has 2 aromatic rings. The molecule has 0 aliphatic heterocycles. The standard InChI is InChI=1S/C23H30ClN3O4/c1-5-27(15-23(29)26-19-12-17(24)9-8-16(19)4)14-22(28)25-18-10-11-20(30-6-2)21(13-18)31-7-3/h8-13H,5-7,14-15H2,1-4H3,(H,25,28)(H,26,29). The van der Waals surface area contributed by atoms with Gasteiger partial charge in [0.15, 0.2) is 11.5 Å². The Hall–Kier alpha value is -2.77. The van der Waals surface area contributed by atoms with E-state index >= 15 is 0 Å². The Labute approximate surface area is 188 Å². The van der Waals surface area contributed by atoms with E-state index in [2.05, 4.69) is 10.6 Å². The number of amides is 2. The number of likely N-dealkylation sites (N-methyl/N-ethyl adjacent to an activating group) is 1. The minimum absolute atomic E-state index is 0.0790. The van der Waals surface area contributed by atoms with Crippen LogP contribution in [0, 0.1) is 6.92 Å². The molecule has 0 heterocycles. The summed E-state index contributed by atoms with van der Waals surface area (Å²) >= 11 is 6.01. The molecule has 8 heteroatoms. The molecule has 7 nitrogen and oxygen atoms in total. The fourth-order valence-electron chi connectivity index (χ4n) is 2.93. The molecule has 0 unspecified atom stereocenters. The fraction of sp³-hybridized carbons (Fsp3) is 0.391. The van der Waals surface area contributed by atoms with E-state index in [0.29, 0.717) is 47.7 Å². The van der Waals surface area contributed by atoms with Gasteiger partial charge in [0.1, 0.15) is 0 Å². The van der Waals surface area contributed by atoms with Crippen LogP contribution in [0.3, 0.4) is 0 Å². The number of aryl methyl sites for hydroxylation is 1. The first-order valence-corrected chi connectivity index (χ1v) is 10.7. The molecule has 0 atom stereocenters. The SMILES string of the molecule is CCOc1ccc(NC(=O)CN(CC)CC(=O)Nc2cc(Cl)ccc2C)cc1OCC. The maximum atomic E-state index is 12.5. The molecular formula is C23H30ClN3O4. The van der Waals surface area contributed by atoms with Gasteiger partial charge in [0, 0.05) is 22.5 Å². The molecule has 0 aliphatic carbocycles. The second kappa shape index (κ2) is 12.2. The maximum absolute atomic E-state index is 12.5. The largest absolute Gasteiger partial charge is 0.490 e. The Morgan fingerprint density at radius 2 is 1.55 bits per heavy atom. The van der Waals surface area contributed by atoms with Gasteiger partial charge in [-0.05, 0) is 57.1 Å². The number of nitrogens with zero attached hydrogens (tertiary/aromatic N) is 1. The van der Waals surface area contributed by atoms with E-state index in [1.165, 1.54) is 0 Å². The molecule has 0 aliphatic rings. The van der Waals surface area contributed by atoms with Gasteiger partial charge in [-0.3, -0.25) is 14.5 Å². The number of ether oxygens (including phenoxy) is 2. The minimum Gasteiger partial charge on any atom is -0.490 e. The zero-order valence-electron chi connectivity index (χ0n) is 18.5. The molecule has 2 amide bonds. The van der Waals surface area contributed by atoms with Gasteiger partial charge in [-0.2, -0.15) is 0 Å². The number of nitrogens with one attached hydrogen (secondary N) is 2. The fourth-order valence-corrected chi connectivity index (χ4v) is 3.11. The lowest BCUT2D eigenvalue weighted by Gasteiger charge is -2.20. The molecule has 0 spiro atoms. The van der Waals surface area contributed by atoms with Crippen LogP contribution >= 0.6 is 11.6 Å². The first kappa shape index (κ1) is 24.5. The summed E-state index contributed by atoms with van der Waals surface area (Å²) in [6, 6.07) is 10.6. The average molecular weight is 448 g/mol. The van der Waals surface area contributed by atoms with Crippen molar-refractivity contribution in [3.05, 3.63) is 47.0 Å². The van der Waals surface area contributed by atoms with E-state index in [1.807, 2.05) is 33.8 Å². The summed E-state index contributed by atoms with van der Waals surface area (Å²) in [5.74, 6) is 0.774. The summed E-state index contributed by atoms with van der Waals surface area (Å²) in [5, 5.41) is 6.25. The zero-order valence-corrected chi connectivity index (χ0v) is 19.2. The molecule has 0 radical (unpaired) electrons. The maximum Gasteiger partial charge on any atom is 0.238 e. The minimum atomic E-state index is -0.222. The second-order valence-corrected chi connectivity index (χ2v) is 7.32. The molecule has 0 saturated carbocycles. The molecule has 0 fully saturated rings. The number of halogens is 1. The molecule has 0 aromatic heterocycles. The topological polar surface area (TPSA) is 79.9 Å². The number of hydrogen-bond donors (Lipinski definition) is 2. The summed E-state index contributed by atoms with van der Waals surface area (Å²) in [4.78, 5) is 26.7. The number of rotatable bonds is 11. The van der Waals surface area contributed by atoms with Crippen molar-refractivity contribution in [2.75, 3.05) is 43.5 Å². The number of anilines is 2. The molecule has 2 aromatic carbocycles. The third kappa shape index (κ3) is 7.77. The van der Waals surface area contributed by atoms with Crippen molar-refractivity contribution in [2.45, 2.75) is 27.7 Å². The van der Waals surface area contributed by atoms with Crippen LogP contribution in [0.25, 0.3) is 0 Å². The highest BCUT2D eigenvalue weighted by Crippen LogP contribution is 2.30. The van der Waals surface area contributed by atoms with Gasteiger partial charge >= 0.3 is 0 Å². The van der Waals surface area contributed by atoms with Crippen molar-refractivity contribution in [2.24, 2.45) is 0 Å². The summed E-state index contributed by atoms with van der Waals surface area (Å²) < 4.78 is 11.1. The summed E-state index contributed by atoms with van der Waals surface area (Å²) in [6.45, 7) is 9.29. The van der Waals surface area contributed by atoms with Gasteiger partial charge in [-0.15, -0.1) is 0 Å². The molecule has 0 bridgehead atoms. The van der Waals surface area contributed by atoms with Crippen LogP contribution in [0.2, 0.25) is 5.02 Å². The highest BCUT2D eigenvalue weighted by atomic mass is 35.5. The summed E-state index contributed by atoms with van der Waals surface area (Å²) in [7, 11) is 0. The average Bonchev–Trinajstić information content (AvgIpc) is 2.72. The van der Waals surface area contributed by atoms with Crippen molar-refractivity contribution in [1.29, 1.82) is 0 Å². The van der Waals surface area contributed by atoms with Gasteiger partial charge in [-0.1, -0.05) is 24.6 Å². The highest BCUT2D eigenvalue weighted by Gasteiger charge is 2.15. The zero-order chi connectivity index (χ0) is 22.8. The summed E-state index contributed by atoms with van der Waals surface area (Å²) in [5.41, 5.74) is 2.18. The molecule has 2 rings (SSSR count). The van der Waals surface area contributed by atoms with Gasteiger partial charge in [0.2, 0.25) is 11.8 Å². The molecule has 0 saturated heterocycles. The lowest BCUT2D eigenvalue weighted by atomic mass is 10.2. The van der Waals surface area contributed by atoms with Crippen LogP contribution in [0.1, 0.15) is 26.3 Å². The van der Waals surface area contributed by atoms with Crippen molar-refractivity contribution in [1.82, 2.24) is 4.90 Å². The first-order chi connectivity index (χ1) is 14.9. The monoisotopic (exact) mass is 447 g/mol. The van der Waals surface area contributed by atoms with Gasteiger partial charge in [-0.25, -0.2) is 0 Å². The molecule has 168 valence electrons. The quantitative estimate of drug-likeness (QED) is 0.535. The van der Waals surface area contributed by atoms with E-state index < -0.39 is 0 Å².